The summed E-state index contributed by atoms with van der Waals surface area (Å²) in [5, 5.41) is 0. The van der Waals surface area contributed by atoms with E-state index in [1.165, 1.54) is 9.79 Å². The van der Waals surface area contributed by atoms with Crippen molar-refractivity contribution in [2.45, 2.75) is 62.5 Å². The second-order valence-corrected chi connectivity index (χ2v) is 8.06. The molecule has 2 atom stereocenters. The van der Waals surface area contributed by atoms with Crippen LogP contribution in [-0.4, -0.2) is 12.2 Å². The molecule has 0 aromatic heterocycles. The highest BCUT2D eigenvalue weighted by Crippen LogP contribution is 2.38. The van der Waals surface area contributed by atoms with Gasteiger partial charge in [-0.1, -0.05) is 35.4 Å². The molecule has 2 aromatic rings. The zero-order chi connectivity index (χ0) is 17.4. The van der Waals surface area contributed by atoms with E-state index in [-0.39, 0.29) is 12.2 Å². The van der Waals surface area contributed by atoms with Gasteiger partial charge in [0, 0.05) is 9.79 Å². The number of hydrogen-bond acceptors (Lipinski definition) is 4. The van der Waals surface area contributed by atoms with Crippen LogP contribution in [0.2, 0.25) is 0 Å². The minimum atomic E-state index is 0.258. The first-order valence-corrected chi connectivity index (χ1v) is 10.6. The first kappa shape index (κ1) is 19.1. The smallest absolute Gasteiger partial charge is 0.119 e. The lowest BCUT2D eigenvalue weighted by Gasteiger charge is -2.13. The van der Waals surface area contributed by atoms with Crippen LogP contribution < -0.4 is 9.47 Å². The van der Waals surface area contributed by atoms with Crippen LogP contribution >= 0.6 is 21.6 Å². The molecule has 0 N–H and O–H groups in total. The second kappa shape index (κ2) is 9.90. The molecule has 0 fully saturated rings. The molecule has 2 rings (SSSR count). The number of rotatable bonds is 9. The van der Waals surface area contributed by atoms with E-state index in [1.54, 1.807) is 21.6 Å². The van der Waals surface area contributed by atoms with E-state index in [9.17, 15) is 0 Å². The van der Waals surface area contributed by atoms with Crippen LogP contribution in [0.15, 0.2) is 58.3 Å². The van der Waals surface area contributed by atoms with Crippen molar-refractivity contribution < 1.29 is 9.47 Å². The molecule has 0 aliphatic heterocycles. The maximum absolute atomic E-state index is 5.81. The van der Waals surface area contributed by atoms with E-state index in [0.717, 1.165) is 24.3 Å². The maximum atomic E-state index is 5.81. The van der Waals surface area contributed by atoms with Gasteiger partial charge in [-0.15, -0.1) is 0 Å². The molecule has 2 unspecified atom stereocenters. The summed E-state index contributed by atoms with van der Waals surface area (Å²) in [5.74, 6) is 1.87. The molecule has 0 heterocycles. The third-order valence-electron chi connectivity index (χ3n) is 3.71. The predicted molar refractivity (Wildman–Crippen MR) is 105 cm³/mol. The van der Waals surface area contributed by atoms with E-state index >= 15 is 0 Å². The summed E-state index contributed by atoms with van der Waals surface area (Å²) >= 11 is 0. The number of ether oxygens (including phenoxy) is 2. The summed E-state index contributed by atoms with van der Waals surface area (Å²) in [6, 6.07) is 16.6. The summed E-state index contributed by atoms with van der Waals surface area (Å²) in [6.07, 6.45) is 2.55. The zero-order valence-corrected chi connectivity index (χ0v) is 16.5. The molecule has 0 saturated carbocycles. The van der Waals surface area contributed by atoms with Gasteiger partial charge in [-0.3, -0.25) is 0 Å². The molecule has 2 nitrogen and oxygen atoms in total. The monoisotopic (exact) mass is 362 g/mol. The number of hydrogen-bond donors (Lipinski definition) is 0. The van der Waals surface area contributed by atoms with Crippen LogP contribution in [0.1, 0.15) is 40.5 Å². The number of benzene rings is 2. The first-order chi connectivity index (χ1) is 11.6. The van der Waals surface area contributed by atoms with Gasteiger partial charge in [-0.2, -0.15) is 0 Å². The van der Waals surface area contributed by atoms with Crippen LogP contribution in [0.3, 0.4) is 0 Å². The van der Waals surface area contributed by atoms with Crippen LogP contribution in [0.25, 0.3) is 0 Å². The average molecular weight is 363 g/mol. The van der Waals surface area contributed by atoms with Gasteiger partial charge < -0.3 is 9.47 Å². The Bertz CT molecular complexity index is 541. The lowest BCUT2D eigenvalue weighted by atomic mass is 10.3. The molecule has 0 aliphatic rings. The van der Waals surface area contributed by atoms with Crippen LogP contribution in [-0.2, 0) is 0 Å². The van der Waals surface area contributed by atoms with E-state index in [4.69, 9.17) is 9.47 Å². The van der Waals surface area contributed by atoms with Crippen molar-refractivity contribution in [3.05, 3.63) is 48.5 Å². The van der Waals surface area contributed by atoms with Crippen molar-refractivity contribution in [3.63, 3.8) is 0 Å². The van der Waals surface area contributed by atoms with Gasteiger partial charge in [0.15, 0.2) is 0 Å². The van der Waals surface area contributed by atoms with Crippen molar-refractivity contribution >= 4 is 21.6 Å². The largest absolute Gasteiger partial charge is 0.491 e. The lowest BCUT2D eigenvalue weighted by Crippen LogP contribution is -2.09. The molecular weight excluding hydrogens is 336 g/mol. The van der Waals surface area contributed by atoms with E-state index in [2.05, 4.69) is 52.0 Å². The van der Waals surface area contributed by atoms with Crippen LogP contribution in [0, 0.1) is 0 Å². The molecule has 4 heteroatoms. The average Bonchev–Trinajstić information content (AvgIpc) is 2.62. The molecule has 0 radical (unpaired) electrons. The lowest BCUT2D eigenvalue weighted by molar-refractivity contribution is 0.217. The summed E-state index contributed by atoms with van der Waals surface area (Å²) in [7, 11) is 3.50. The highest BCUT2D eigenvalue weighted by Gasteiger charge is 2.04. The van der Waals surface area contributed by atoms with Crippen molar-refractivity contribution in [1.82, 2.24) is 0 Å². The first-order valence-electron chi connectivity index (χ1n) is 8.48. The van der Waals surface area contributed by atoms with Gasteiger partial charge in [0.1, 0.15) is 11.5 Å². The van der Waals surface area contributed by atoms with Gasteiger partial charge in [0.25, 0.3) is 0 Å². The molecule has 0 aliphatic carbocycles. The standard InChI is InChI=1S/C20H26O2S2/c1-5-15(3)21-17-7-11-19(12-8-17)23-24-20-13-9-18(10-14-20)22-16(4)6-2/h7-16H,5-6H2,1-4H3. The van der Waals surface area contributed by atoms with Gasteiger partial charge in [0.05, 0.1) is 12.2 Å². The van der Waals surface area contributed by atoms with E-state index in [0.29, 0.717) is 0 Å². The Labute approximate surface area is 153 Å². The van der Waals surface area contributed by atoms with Crippen molar-refractivity contribution in [1.29, 1.82) is 0 Å². The van der Waals surface area contributed by atoms with Crippen LogP contribution in [0.5, 0.6) is 11.5 Å². The highest BCUT2D eigenvalue weighted by atomic mass is 33.1. The Morgan fingerprint density at radius 1 is 0.667 bits per heavy atom. The van der Waals surface area contributed by atoms with Gasteiger partial charge in [-0.25, -0.2) is 0 Å². The summed E-state index contributed by atoms with van der Waals surface area (Å²) in [6.45, 7) is 8.44. The van der Waals surface area contributed by atoms with Crippen LogP contribution in [0.4, 0.5) is 0 Å². The fourth-order valence-corrected chi connectivity index (χ4v) is 3.81. The van der Waals surface area contributed by atoms with Gasteiger partial charge in [0.2, 0.25) is 0 Å². The van der Waals surface area contributed by atoms with Crippen molar-refractivity contribution in [3.8, 4) is 11.5 Å². The van der Waals surface area contributed by atoms with Crippen molar-refractivity contribution in [2.24, 2.45) is 0 Å². The highest BCUT2D eigenvalue weighted by molar-refractivity contribution is 8.76. The maximum Gasteiger partial charge on any atom is 0.119 e. The Balaban J connectivity index is 1.84. The third kappa shape index (κ3) is 6.33. The predicted octanol–water partition coefficient (Wildman–Crippen LogP) is 6.84. The summed E-state index contributed by atoms with van der Waals surface area (Å²) < 4.78 is 11.6. The Hall–Kier alpha value is -1.26. The Morgan fingerprint density at radius 3 is 1.29 bits per heavy atom. The SMILES string of the molecule is CCC(C)Oc1ccc(SSc2ccc(OC(C)CC)cc2)cc1. The van der Waals surface area contributed by atoms with Gasteiger partial charge >= 0.3 is 0 Å². The fourth-order valence-electron chi connectivity index (χ4n) is 1.88. The van der Waals surface area contributed by atoms with Crippen molar-refractivity contribution in [2.75, 3.05) is 0 Å². The fraction of sp³-hybridized carbons (Fsp3) is 0.400. The summed E-state index contributed by atoms with van der Waals surface area (Å²) in [4.78, 5) is 2.44. The normalized spacial score (nSPS) is 13.3. The minimum absolute atomic E-state index is 0.258. The minimum Gasteiger partial charge on any atom is -0.491 e. The molecular formula is C20H26O2S2. The van der Waals surface area contributed by atoms with E-state index < -0.39 is 0 Å². The zero-order valence-electron chi connectivity index (χ0n) is 14.8. The van der Waals surface area contributed by atoms with E-state index in [1.807, 2.05) is 24.3 Å². The molecule has 2 aromatic carbocycles. The topological polar surface area (TPSA) is 18.5 Å². The molecule has 0 amide bonds. The molecule has 0 spiro atoms. The summed E-state index contributed by atoms with van der Waals surface area (Å²) in [5.41, 5.74) is 0. The molecule has 0 saturated heterocycles. The second-order valence-electron chi connectivity index (χ2n) is 5.78. The molecule has 130 valence electrons. The Morgan fingerprint density at radius 2 is 1.00 bits per heavy atom. The Kier molecular flexibility index (Phi) is 7.86. The van der Waals surface area contributed by atoms with Gasteiger partial charge in [-0.05, 0) is 75.2 Å². The molecule has 0 bridgehead atoms. The third-order valence-corrected chi connectivity index (χ3v) is 6.12. The molecule has 24 heavy (non-hydrogen) atoms. The quantitative estimate of drug-likeness (QED) is 0.454.